The summed E-state index contributed by atoms with van der Waals surface area (Å²) in [7, 11) is 0. The highest BCUT2D eigenvalue weighted by Crippen LogP contribution is 2.33. The van der Waals surface area contributed by atoms with E-state index in [1.165, 1.54) is 5.57 Å². The van der Waals surface area contributed by atoms with E-state index in [1.54, 1.807) is 0 Å². The van der Waals surface area contributed by atoms with Gasteiger partial charge < -0.3 is 0 Å². The molecule has 0 N–H and O–H groups in total. The first-order chi connectivity index (χ1) is 6.75. The molecule has 0 atom stereocenters. The van der Waals surface area contributed by atoms with Crippen LogP contribution in [0.4, 0.5) is 0 Å². The minimum absolute atomic E-state index is 0.0691. The zero-order chi connectivity index (χ0) is 12.2. The van der Waals surface area contributed by atoms with Gasteiger partial charge in [-0.05, 0) is 36.0 Å². The van der Waals surface area contributed by atoms with Gasteiger partial charge in [-0.1, -0.05) is 57.7 Å². The average Bonchev–Trinajstić information content (AvgIpc) is 2.14. The van der Waals surface area contributed by atoms with Gasteiger partial charge in [0.25, 0.3) is 0 Å². The van der Waals surface area contributed by atoms with Crippen LogP contribution in [0.2, 0.25) is 0 Å². The molecule has 0 unspecified atom stereocenters. The largest absolute Gasteiger partial charge is 0.0988 e. The molecule has 0 bridgehead atoms. The zero-order valence-electron chi connectivity index (χ0n) is 10.4. The number of hydrogen-bond donors (Lipinski definition) is 0. The van der Waals surface area contributed by atoms with Crippen LogP contribution in [0.5, 0.6) is 0 Å². The molecule has 1 heteroatoms. The molecule has 15 heavy (non-hydrogen) atoms. The second-order valence-corrected chi connectivity index (χ2v) is 5.02. The van der Waals surface area contributed by atoms with Crippen LogP contribution in [0.15, 0.2) is 47.1 Å². The van der Waals surface area contributed by atoms with Crippen molar-refractivity contribution in [2.45, 2.75) is 34.6 Å². The molecule has 0 aliphatic heterocycles. The minimum atomic E-state index is 0.0691. The Labute approximate surface area is 99.0 Å². The van der Waals surface area contributed by atoms with Crippen LogP contribution in [0.3, 0.4) is 0 Å². The lowest BCUT2D eigenvalue weighted by atomic mass is 9.82. The van der Waals surface area contributed by atoms with E-state index in [2.05, 4.69) is 33.9 Å². The first kappa shape index (κ1) is 14.2. The number of hydrogen-bond acceptors (Lipinski definition) is 0. The summed E-state index contributed by atoms with van der Waals surface area (Å²) in [6, 6.07) is 0. The molecular weight excluding hydrogens is 204 g/mol. The van der Waals surface area contributed by atoms with E-state index >= 15 is 0 Å². The van der Waals surface area contributed by atoms with Crippen LogP contribution in [0, 0.1) is 5.41 Å². The Morgan fingerprint density at radius 1 is 1.27 bits per heavy atom. The Kier molecular flexibility index (Phi) is 5.10. The lowest BCUT2D eigenvalue weighted by Crippen LogP contribution is -2.10. The quantitative estimate of drug-likeness (QED) is 0.576. The smallest absolute Gasteiger partial charge is 0.0432 e. The summed E-state index contributed by atoms with van der Waals surface area (Å²) in [5, 5.41) is 0.705. The summed E-state index contributed by atoms with van der Waals surface area (Å²) < 4.78 is 0. The van der Waals surface area contributed by atoms with Gasteiger partial charge >= 0.3 is 0 Å². The maximum Gasteiger partial charge on any atom is 0.0432 e. The van der Waals surface area contributed by atoms with Gasteiger partial charge in [-0.15, -0.1) is 0 Å². The van der Waals surface area contributed by atoms with Crippen LogP contribution in [0.1, 0.15) is 34.6 Å². The molecule has 0 saturated carbocycles. The predicted molar refractivity (Wildman–Crippen MR) is 71.1 cm³/mol. The van der Waals surface area contributed by atoms with E-state index in [-0.39, 0.29) is 5.41 Å². The van der Waals surface area contributed by atoms with Crippen molar-refractivity contribution in [3.05, 3.63) is 47.1 Å². The Morgan fingerprint density at radius 3 is 2.00 bits per heavy atom. The molecule has 0 aromatic carbocycles. The summed E-state index contributed by atoms with van der Waals surface area (Å²) in [5.74, 6) is 0. The highest BCUT2D eigenvalue weighted by atomic mass is 35.5. The van der Waals surface area contributed by atoms with E-state index in [4.69, 9.17) is 11.6 Å². The van der Waals surface area contributed by atoms with Gasteiger partial charge in [0.1, 0.15) is 0 Å². The van der Waals surface area contributed by atoms with Crippen LogP contribution in [-0.2, 0) is 0 Å². The summed E-state index contributed by atoms with van der Waals surface area (Å²) in [4.78, 5) is 0. The second kappa shape index (κ2) is 5.37. The molecule has 0 amide bonds. The number of halogens is 1. The molecule has 0 aromatic rings. The Balaban J connectivity index is 5.42. The van der Waals surface area contributed by atoms with Crippen molar-refractivity contribution in [1.29, 1.82) is 0 Å². The lowest BCUT2D eigenvalue weighted by molar-refractivity contribution is 0.513. The third-order valence-electron chi connectivity index (χ3n) is 2.41. The van der Waals surface area contributed by atoms with Crippen LogP contribution in [-0.4, -0.2) is 0 Å². The van der Waals surface area contributed by atoms with Gasteiger partial charge in [-0.2, -0.15) is 0 Å². The highest BCUT2D eigenvalue weighted by molar-refractivity contribution is 6.32. The monoisotopic (exact) mass is 224 g/mol. The normalized spacial score (nSPS) is 14.7. The standard InChI is InChI=1S/C14H21Cl/c1-8-12(14(5,6)7)10(3)11(4)13(15)9-2/h8-9H,1,4H2,2-3,5-7H3/b12-10-,13-9+. The molecule has 0 heterocycles. The van der Waals surface area contributed by atoms with Gasteiger partial charge in [0, 0.05) is 5.03 Å². The Hall–Kier alpha value is -0.750. The molecule has 0 aromatic heterocycles. The van der Waals surface area contributed by atoms with Crippen LogP contribution in [0.25, 0.3) is 0 Å². The topological polar surface area (TPSA) is 0 Å². The van der Waals surface area contributed by atoms with Crippen LogP contribution >= 0.6 is 11.6 Å². The molecule has 0 aliphatic carbocycles. The van der Waals surface area contributed by atoms with Gasteiger partial charge in [0.05, 0.1) is 0 Å². The third-order valence-corrected chi connectivity index (χ3v) is 2.86. The molecular formula is C14H21Cl. The maximum absolute atomic E-state index is 6.05. The molecule has 0 fully saturated rings. The van der Waals surface area contributed by atoms with Crippen molar-refractivity contribution >= 4 is 11.6 Å². The van der Waals surface area contributed by atoms with Crippen molar-refractivity contribution in [3.8, 4) is 0 Å². The third kappa shape index (κ3) is 3.71. The maximum atomic E-state index is 6.05. The van der Waals surface area contributed by atoms with E-state index < -0.39 is 0 Å². The molecule has 0 rings (SSSR count). The fourth-order valence-corrected chi connectivity index (χ4v) is 1.68. The molecule has 0 aliphatic rings. The van der Waals surface area contributed by atoms with Crippen LogP contribution < -0.4 is 0 Å². The SMILES string of the molecule is C=C/C(=C(\C)C(=C)/C(Cl)=C\C)C(C)(C)C. The zero-order valence-corrected chi connectivity index (χ0v) is 11.2. The summed E-state index contributed by atoms with van der Waals surface area (Å²) >= 11 is 6.05. The minimum Gasteiger partial charge on any atom is -0.0988 e. The Bertz CT molecular complexity index is 322. The van der Waals surface area contributed by atoms with E-state index in [0.29, 0.717) is 5.03 Å². The van der Waals surface area contributed by atoms with Gasteiger partial charge in [-0.3, -0.25) is 0 Å². The first-order valence-corrected chi connectivity index (χ1v) is 5.48. The summed E-state index contributed by atoms with van der Waals surface area (Å²) in [5.41, 5.74) is 3.25. The fourth-order valence-electron chi connectivity index (χ4n) is 1.54. The molecule has 0 radical (unpaired) electrons. The van der Waals surface area contributed by atoms with E-state index in [1.807, 2.05) is 26.0 Å². The van der Waals surface area contributed by atoms with Gasteiger partial charge in [-0.25, -0.2) is 0 Å². The Morgan fingerprint density at radius 2 is 1.73 bits per heavy atom. The average molecular weight is 225 g/mol. The second-order valence-electron chi connectivity index (χ2n) is 4.61. The summed E-state index contributed by atoms with van der Waals surface area (Å²) in [6.07, 6.45) is 3.75. The molecule has 0 spiro atoms. The lowest BCUT2D eigenvalue weighted by Gasteiger charge is -2.24. The number of rotatable bonds is 3. The van der Waals surface area contributed by atoms with Gasteiger partial charge in [0.15, 0.2) is 0 Å². The predicted octanol–water partition coefficient (Wildman–Crippen LogP) is 5.23. The van der Waals surface area contributed by atoms with Crippen molar-refractivity contribution in [2.24, 2.45) is 5.41 Å². The highest BCUT2D eigenvalue weighted by Gasteiger charge is 2.18. The van der Waals surface area contributed by atoms with Crippen molar-refractivity contribution in [3.63, 3.8) is 0 Å². The van der Waals surface area contributed by atoms with E-state index in [9.17, 15) is 0 Å². The molecule has 84 valence electrons. The molecule has 0 saturated heterocycles. The van der Waals surface area contributed by atoms with Crippen molar-refractivity contribution in [2.75, 3.05) is 0 Å². The van der Waals surface area contributed by atoms with Gasteiger partial charge in [0.2, 0.25) is 0 Å². The fraction of sp³-hybridized carbons (Fsp3) is 0.429. The van der Waals surface area contributed by atoms with E-state index in [0.717, 1.165) is 11.1 Å². The first-order valence-electron chi connectivity index (χ1n) is 5.11. The number of allylic oxidation sites excluding steroid dienone is 6. The summed E-state index contributed by atoms with van der Waals surface area (Å²) in [6.45, 7) is 18.3. The van der Waals surface area contributed by atoms with Crippen molar-refractivity contribution < 1.29 is 0 Å². The van der Waals surface area contributed by atoms with Crippen molar-refractivity contribution in [1.82, 2.24) is 0 Å². The molecule has 0 nitrogen and oxygen atoms in total.